The van der Waals surface area contributed by atoms with Crippen molar-refractivity contribution in [2.24, 2.45) is 5.73 Å². The Labute approximate surface area is 112 Å². The van der Waals surface area contributed by atoms with Gasteiger partial charge in [0.1, 0.15) is 16.5 Å². The van der Waals surface area contributed by atoms with E-state index < -0.39 is 5.82 Å². The normalized spacial score (nSPS) is 10.6. The molecule has 0 fully saturated rings. The lowest BCUT2D eigenvalue weighted by Gasteiger charge is -2.02. The van der Waals surface area contributed by atoms with Crippen LogP contribution >= 0.6 is 22.9 Å². The van der Waals surface area contributed by atoms with Crippen LogP contribution in [0, 0.1) is 5.82 Å². The molecule has 0 amide bonds. The number of aromatic nitrogens is 1. The number of nitrogens with two attached hydrogens (primary N) is 1. The van der Waals surface area contributed by atoms with Crippen LogP contribution in [0.3, 0.4) is 0 Å². The van der Waals surface area contributed by atoms with Crippen molar-refractivity contribution < 1.29 is 9.18 Å². The highest BCUT2D eigenvalue weighted by Crippen LogP contribution is 2.21. The van der Waals surface area contributed by atoms with Crippen LogP contribution in [0.5, 0.6) is 0 Å². The Morgan fingerprint density at radius 2 is 2.28 bits per heavy atom. The molecule has 0 atom stereocenters. The standard InChI is InChI=1S/C12H10ClFN2OS/c13-12-7(2-1-3-8(12)14)4-10(17)9-6-18-11(5-15)16-9/h1-3,6H,4-5,15H2. The average Bonchev–Trinajstić information content (AvgIpc) is 2.83. The molecular weight excluding hydrogens is 275 g/mol. The van der Waals surface area contributed by atoms with Crippen molar-refractivity contribution in [2.45, 2.75) is 13.0 Å². The molecule has 3 nitrogen and oxygen atoms in total. The van der Waals surface area contributed by atoms with Crippen molar-refractivity contribution >= 4 is 28.7 Å². The van der Waals surface area contributed by atoms with Gasteiger partial charge in [-0.3, -0.25) is 4.79 Å². The predicted molar refractivity (Wildman–Crippen MR) is 69.4 cm³/mol. The third kappa shape index (κ3) is 2.75. The number of ketones is 1. The number of hydrogen-bond donors (Lipinski definition) is 1. The minimum absolute atomic E-state index is 0.0138. The Balaban J connectivity index is 2.18. The molecule has 0 aliphatic heterocycles. The molecule has 0 radical (unpaired) electrons. The number of carbonyl (C=O) groups is 1. The SMILES string of the molecule is NCc1nc(C(=O)Cc2cccc(F)c2Cl)cs1. The zero-order chi connectivity index (χ0) is 13.1. The fraction of sp³-hybridized carbons (Fsp3) is 0.167. The second-order valence-electron chi connectivity index (χ2n) is 3.64. The second kappa shape index (κ2) is 5.56. The fourth-order valence-electron chi connectivity index (χ4n) is 1.48. The number of rotatable bonds is 4. The zero-order valence-corrected chi connectivity index (χ0v) is 10.9. The molecule has 2 aromatic rings. The third-order valence-corrected chi connectivity index (χ3v) is 3.69. The first kappa shape index (κ1) is 13.1. The highest BCUT2D eigenvalue weighted by Gasteiger charge is 2.14. The van der Waals surface area contributed by atoms with Crippen LogP contribution in [0.2, 0.25) is 5.02 Å². The van der Waals surface area contributed by atoms with E-state index in [-0.39, 0.29) is 17.2 Å². The molecule has 1 heterocycles. The maximum absolute atomic E-state index is 13.2. The molecule has 1 aromatic carbocycles. The van der Waals surface area contributed by atoms with E-state index in [2.05, 4.69) is 4.98 Å². The number of nitrogens with zero attached hydrogens (tertiary/aromatic N) is 1. The Bertz CT molecular complexity index is 585. The number of thiazole rings is 1. The largest absolute Gasteiger partial charge is 0.325 e. The van der Waals surface area contributed by atoms with Crippen LogP contribution < -0.4 is 5.73 Å². The van der Waals surface area contributed by atoms with E-state index >= 15 is 0 Å². The van der Waals surface area contributed by atoms with E-state index in [4.69, 9.17) is 17.3 Å². The van der Waals surface area contributed by atoms with Crippen LogP contribution in [-0.2, 0) is 13.0 Å². The van der Waals surface area contributed by atoms with Crippen molar-refractivity contribution in [3.63, 3.8) is 0 Å². The minimum Gasteiger partial charge on any atom is -0.325 e. The lowest BCUT2D eigenvalue weighted by Crippen LogP contribution is -2.06. The third-order valence-electron chi connectivity index (χ3n) is 2.39. The first-order chi connectivity index (χ1) is 8.61. The first-order valence-corrected chi connectivity index (χ1v) is 6.48. The Morgan fingerprint density at radius 3 is 2.94 bits per heavy atom. The van der Waals surface area contributed by atoms with Gasteiger partial charge < -0.3 is 5.73 Å². The zero-order valence-electron chi connectivity index (χ0n) is 9.32. The van der Waals surface area contributed by atoms with Crippen molar-refractivity contribution in [3.05, 3.63) is 50.7 Å². The number of carbonyl (C=O) groups excluding carboxylic acids is 1. The van der Waals surface area contributed by atoms with Crippen molar-refractivity contribution in [1.82, 2.24) is 4.98 Å². The van der Waals surface area contributed by atoms with Crippen LogP contribution in [0.25, 0.3) is 0 Å². The summed E-state index contributed by atoms with van der Waals surface area (Å²) in [7, 11) is 0. The lowest BCUT2D eigenvalue weighted by atomic mass is 10.1. The Hall–Kier alpha value is -1.30. The van der Waals surface area contributed by atoms with Crippen LogP contribution in [0.15, 0.2) is 23.6 Å². The van der Waals surface area contributed by atoms with E-state index in [0.29, 0.717) is 22.8 Å². The van der Waals surface area contributed by atoms with Gasteiger partial charge in [0.25, 0.3) is 0 Å². The summed E-state index contributed by atoms with van der Waals surface area (Å²) in [6.45, 7) is 0.304. The van der Waals surface area contributed by atoms with Gasteiger partial charge in [-0.25, -0.2) is 9.37 Å². The van der Waals surface area contributed by atoms with Gasteiger partial charge in [-0.05, 0) is 11.6 Å². The topological polar surface area (TPSA) is 56.0 Å². The number of benzene rings is 1. The maximum Gasteiger partial charge on any atom is 0.186 e. The molecule has 2 N–H and O–H groups in total. The monoisotopic (exact) mass is 284 g/mol. The molecular formula is C12H10ClFN2OS. The highest BCUT2D eigenvalue weighted by atomic mass is 35.5. The van der Waals surface area contributed by atoms with Crippen molar-refractivity contribution in [1.29, 1.82) is 0 Å². The van der Waals surface area contributed by atoms with Gasteiger partial charge in [0.05, 0.1) is 5.02 Å². The van der Waals surface area contributed by atoms with Crippen LogP contribution in [0.4, 0.5) is 4.39 Å². The second-order valence-corrected chi connectivity index (χ2v) is 4.96. The summed E-state index contributed by atoms with van der Waals surface area (Å²) < 4.78 is 13.2. The summed E-state index contributed by atoms with van der Waals surface area (Å²) >= 11 is 7.12. The molecule has 0 saturated carbocycles. The van der Waals surface area contributed by atoms with Crippen LogP contribution in [0.1, 0.15) is 21.1 Å². The predicted octanol–water partition coefficient (Wildman–Crippen LogP) is 2.82. The summed E-state index contributed by atoms with van der Waals surface area (Å²) in [6, 6.07) is 4.40. The summed E-state index contributed by atoms with van der Waals surface area (Å²) in [6.07, 6.45) is 0.0321. The average molecular weight is 285 g/mol. The molecule has 94 valence electrons. The number of hydrogen-bond acceptors (Lipinski definition) is 4. The van der Waals surface area contributed by atoms with Gasteiger partial charge in [0.15, 0.2) is 5.78 Å². The fourth-order valence-corrected chi connectivity index (χ4v) is 2.35. The van der Waals surface area contributed by atoms with E-state index in [1.807, 2.05) is 0 Å². The quantitative estimate of drug-likeness (QED) is 0.879. The molecule has 6 heteroatoms. The number of halogens is 2. The summed E-state index contributed by atoms with van der Waals surface area (Å²) in [4.78, 5) is 16.0. The molecule has 1 aromatic heterocycles. The van der Waals surface area contributed by atoms with Gasteiger partial charge in [-0.1, -0.05) is 23.7 Å². The van der Waals surface area contributed by atoms with Crippen molar-refractivity contribution in [2.75, 3.05) is 0 Å². The molecule has 2 rings (SSSR count). The van der Waals surface area contributed by atoms with Gasteiger partial charge in [0, 0.05) is 18.3 Å². The number of Topliss-reactive ketones (excluding diaryl/α,β-unsaturated/α-hetero) is 1. The van der Waals surface area contributed by atoms with Crippen LogP contribution in [-0.4, -0.2) is 10.8 Å². The molecule has 18 heavy (non-hydrogen) atoms. The van der Waals surface area contributed by atoms with E-state index in [1.165, 1.54) is 23.5 Å². The molecule has 0 saturated heterocycles. The molecule has 0 bridgehead atoms. The van der Waals surface area contributed by atoms with E-state index in [0.717, 1.165) is 0 Å². The summed E-state index contributed by atoms with van der Waals surface area (Å²) in [5.41, 5.74) is 6.24. The van der Waals surface area contributed by atoms with Gasteiger partial charge in [-0.2, -0.15) is 0 Å². The highest BCUT2D eigenvalue weighted by molar-refractivity contribution is 7.09. The van der Waals surface area contributed by atoms with E-state index in [1.54, 1.807) is 11.4 Å². The minimum atomic E-state index is -0.525. The summed E-state index contributed by atoms with van der Waals surface area (Å²) in [5, 5.41) is 2.33. The molecule has 0 unspecified atom stereocenters. The lowest BCUT2D eigenvalue weighted by molar-refractivity contribution is 0.0988. The molecule has 0 aliphatic rings. The first-order valence-electron chi connectivity index (χ1n) is 5.22. The Kier molecular flexibility index (Phi) is 4.06. The van der Waals surface area contributed by atoms with Gasteiger partial charge in [0.2, 0.25) is 0 Å². The van der Waals surface area contributed by atoms with Gasteiger partial charge >= 0.3 is 0 Å². The van der Waals surface area contributed by atoms with Crippen molar-refractivity contribution in [3.8, 4) is 0 Å². The molecule has 0 spiro atoms. The summed E-state index contributed by atoms with van der Waals surface area (Å²) in [5.74, 6) is -0.721. The maximum atomic E-state index is 13.2. The van der Waals surface area contributed by atoms with Gasteiger partial charge in [-0.15, -0.1) is 11.3 Å². The molecule has 0 aliphatic carbocycles. The Morgan fingerprint density at radius 1 is 1.50 bits per heavy atom. The van der Waals surface area contributed by atoms with E-state index in [9.17, 15) is 9.18 Å². The smallest absolute Gasteiger partial charge is 0.186 e.